The number of fused-ring (bicyclic) bond motifs is 5. The van der Waals surface area contributed by atoms with Gasteiger partial charge in [0.1, 0.15) is 6.04 Å². The molecule has 5 nitrogen and oxygen atoms in total. The maximum absolute atomic E-state index is 11.9. The van der Waals surface area contributed by atoms with E-state index in [1.807, 2.05) is 0 Å². The Morgan fingerprint density at radius 1 is 1.16 bits per heavy atom. The number of amides is 2. The van der Waals surface area contributed by atoms with Crippen LogP contribution in [0.2, 0.25) is 0 Å². The molecule has 0 saturated heterocycles. The van der Waals surface area contributed by atoms with Crippen molar-refractivity contribution >= 4 is 12.0 Å². The maximum atomic E-state index is 11.9. The minimum Gasteiger partial charge on any atom is -0.480 e. The fourth-order valence-corrected chi connectivity index (χ4v) is 4.37. The first kappa shape index (κ1) is 12.8. The van der Waals surface area contributed by atoms with Crippen molar-refractivity contribution < 1.29 is 14.7 Å². The summed E-state index contributed by atoms with van der Waals surface area (Å²) in [5.74, 6) is 1.87. The van der Waals surface area contributed by atoms with Gasteiger partial charge in [0.2, 0.25) is 0 Å². The molecule has 0 radical (unpaired) electrons. The highest BCUT2D eigenvalue weighted by molar-refractivity contribution is 5.83. The van der Waals surface area contributed by atoms with Gasteiger partial charge in [-0.3, -0.25) is 0 Å². The molecule has 5 heteroatoms. The molecule has 106 valence electrons. The van der Waals surface area contributed by atoms with E-state index in [1.54, 1.807) is 13.8 Å². The predicted octanol–water partition coefficient (Wildman–Crippen LogP) is 1.44. The van der Waals surface area contributed by atoms with Crippen molar-refractivity contribution in [2.75, 3.05) is 0 Å². The van der Waals surface area contributed by atoms with E-state index < -0.39 is 12.0 Å². The molecule has 3 rings (SSSR count). The van der Waals surface area contributed by atoms with Crippen LogP contribution in [0.15, 0.2) is 0 Å². The third-order valence-corrected chi connectivity index (χ3v) is 5.25. The highest BCUT2D eigenvalue weighted by atomic mass is 16.4. The maximum Gasteiger partial charge on any atom is 0.326 e. The molecule has 5 unspecified atom stereocenters. The van der Waals surface area contributed by atoms with Crippen molar-refractivity contribution in [3.63, 3.8) is 0 Å². The van der Waals surface area contributed by atoms with Gasteiger partial charge in [-0.15, -0.1) is 0 Å². The fraction of sp³-hybridized carbons (Fsp3) is 0.857. The number of carbonyl (C=O) groups is 2. The molecule has 5 atom stereocenters. The number of carboxylic acid groups (broad SMARTS) is 1. The molecule has 2 bridgehead atoms. The van der Waals surface area contributed by atoms with E-state index in [-0.39, 0.29) is 11.9 Å². The topological polar surface area (TPSA) is 78.4 Å². The summed E-state index contributed by atoms with van der Waals surface area (Å²) >= 11 is 0. The van der Waals surface area contributed by atoms with E-state index >= 15 is 0 Å². The van der Waals surface area contributed by atoms with Crippen molar-refractivity contribution in [2.45, 2.75) is 45.2 Å². The third kappa shape index (κ3) is 2.09. The van der Waals surface area contributed by atoms with Crippen molar-refractivity contribution in [2.24, 2.45) is 29.6 Å². The average Bonchev–Trinajstić information content (AvgIpc) is 2.72. The normalized spacial score (nSPS) is 39.8. The van der Waals surface area contributed by atoms with Crippen molar-refractivity contribution in [3.05, 3.63) is 0 Å². The molecule has 2 amide bonds. The van der Waals surface area contributed by atoms with Gasteiger partial charge in [0, 0.05) is 6.04 Å². The van der Waals surface area contributed by atoms with Crippen LogP contribution in [0.5, 0.6) is 0 Å². The smallest absolute Gasteiger partial charge is 0.326 e. The number of rotatable bonds is 4. The summed E-state index contributed by atoms with van der Waals surface area (Å²) in [6, 6.07) is -0.830. The van der Waals surface area contributed by atoms with Gasteiger partial charge in [-0.25, -0.2) is 9.59 Å². The second-order valence-corrected chi connectivity index (χ2v) is 6.69. The van der Waals surface area contributed by atoms with E-state index in [4.69, 9.17) is 5.11 Å². The highest BCUT2D eigenvalue weighted by Crippen LogP contribution is 2.65. The summed E-state index contributed by atoms with van der Waals surface area (Å²) in [4.78, 5) is 22.9. The monoisotopic (exact) mass is 266 g/mol. The number of carboxylic acids is 1. The molecule has 3 aliphatic rings. The summed E-state index contributed by atoms with van der Waals surface area (Å²) in [6.45, 7) is 3.59. The van der Waals surface area contributed by atoms with Crippen LogP contribution >= 0.6 is 0 Å². The summed E-state index contributed by atoms with van der Waals surface area (Å²) in [7, 11) is 0. The Labute approximate surface area is 113 Å². The lowest BCUT2D eigenvalue weighted by molar-refractivity contribution is -0.140. The molecule has 0 aromatic heterocycles. The Kier molecular flexibility index (Phi) is 2.95. The average molecular weight is 266 g/mol. The summed E-state index contributed by atoms with van der Waals surface area (Å²) in [6.07, 6.45) is 3.98. The van der Waals surface area contributed by atoms with E-state index in [9.17, 15) is 9.59 Å². The second-order valence-electron chi connectivity index (χ2n) is 6.69. The lowest BCUT2D eigenvalue weighted by Gasteiger charge is -2.19. The Balaban J connectivity index is 1.52. The predicted molar refractivity (Wildman–Crippen MR) is 69.5 cm³/mol. The van der Waals surface area contributed by atoms with Crippen molar-refractivity contribution in [1.29, 1.82) is 0 Å². The van der Waals surface area contributed by atoms with Crippen LogP contribution in [0, 0.1) is 29.6 Å². The first-order valence-corrected chi connectivity index (χ1v) is 7.29. The Bertz CT molecular complexity index is 393. The Hall–Kier alpha value is -1.26. The van der Waals surface area contributed by atoms with Gasteiger partial charge >= 0.3 is 12.0 Å². The van der Waals surface area contributed by atoms with Crippen LogP contribution < -0.4 is 10.6 Å². The molecule has 19 heavy (non-hydrogen) atoms. The number of carbonyl (C=O) groups excluding carboxylic acids is 1. The molecule has 0 heterocycles. The molecule has 0 aliphatic heterocycles. The van der Waals surface area contributed by atoms with Gasteiger partial charge in [0.15, 0.2) is 0 Å². The van der Waals surface area contributed by atoms with E-state index in [0.717, 1.165) is 11.8 Å². The molecular weight excluding hydrogens is 244 g/mol. The quantitative estimate of drug-likeness (QED) is 0.720. The minimum absolute atomic E-state index is 0.113. The van der Waals surface area contributed by atoms with Crippen LogP contribution in [-0.4, -0.2) is 29.2 Å². The lowest BCUT2D eigenvalue weighted by Crippen LogP contribution is -2.49. The first-order chi connectivity index (χ1) is 8.99. The second kappa shape index (κ2) is 4.39. The molecule has 3 N–H and O–H groups in total. The minimum atomic E-state index is -0.971. The fourth-order valence-electron chi connectivity index (χ4n) is 4.37. The largest absolute Gasteiger partial charge is 0.480 e. The Morgan fingerprint density at radius 3 is 2.21 bits per heavy atom. The Morgan fingerprint density at radius 2 is 1.74 bits per heavy atom. The van der Waals surface area contributed by atoms with Gasteiger partial charge in [0.25, 0.3) is 0 Å². The van der Waals surface area contributed by atoms with Crippen LogP contribution in [0.1, 0.15) is 33.1 Å². The zero-order valence-electron chi connectivity index (χ0n) is 11.4. The van der Waals surface area contributed by atoms with Crippen LogP contribution in [-0.2, 0) is 4.79 Å². The molecule has 3 aliphatic carbocycles. The number of hydrogen-bond donors (Lipinski definition) is 3. The SMILES string of the molecule is CC(C)C(NC(=O)NC1C2C3CCC(C3)C12)C(=O)O. The zero-order chi connectivity index (χ0) is 13.7. The number of aliphatic carboxylic acids is 1. The molecule has 3 fully saturated rings. The van der Waals surface area contributed by atoms with Gasteiger partial charge in [-0.2, -0.15) is 0 Å². The van der Waals surface area contributed by atoms with Gasteiger partial charge in [-0.05, 0) is 48.9 Å². The van der Waals surface area contributed by atoms with Crippen LogP contribution in [0.4, 0.5) is 4.79 Å². The standard InChI is InChI=1S/C14H22N2O3/c1-6(2)11(13(17)18)15-14(19)16-12-9-7-3-4-8(5-7)10(9)12/h6-12H,3-5H2,1-2H3,(H,17,18)(H2,15,16,19). The van der Waals surface area contributed by atoms with Crippen LogP contribution in [0.25, 0.3) is 0 Å². The number of nitrogens with one attached hydrogen (secondary N) is 2. The summed E-state index contributed by atoms with van der Waals surface area (Å²) in [5, 5.41) is 14.6. The third-order valence-electron chi connectivity index (χ3n) is 5.25. The molecule has 0 aromatic carbocycles. The highest BCUT2D eigenvalue weighted by Gasteiger charge is 2.65. The first-order valence-electron chi connectivity index (χ1n) is 7.29. The molecule has 3 saturated carbocycles. The van der Waals surface area contributed by atoms with Crippen molar-refractivity contribution in [1.82, 2.24) is 10.6 Å². The van der Waals surface area contributed by atoms with Crippen LogP contribution in [0.3, 0.4) is 0 Å². The zero-order valence-corrected chi connectivity index (χ0v) is 11.4. The molecule has 0 aromatic rings. The number of hydrogen-bond acceptors (Lipinski definition) is 2. The molecular formula is C14H22N2O3. The number of urea groups is 1. The van der Waals surface area contributed by atoms with Gasteiger partial charge < -0.3 is 15.7 Å². The van der Waals surface area contributed by atoms with E-state index in [1.165, 1.54) is 19.3 Å². The van der Waals surface area contributed by atoms with Crippen molar-refractivity contribution in [3.8, 4) is 0 Å². The summed E-state index contributed by atoms with van der Waals surface area (Å²) in [5.41, 5.74) is 0. The lowest BCUT2D eigenvalue weighted by atomic mass is 10.0. The molecule has 0 spiro atoms. The van der Waals surface area contributed by atoms with Gasteiger partial charge in [-0.1, -0.05) is 13.8 Å². The van der Waals surface area contributed by atoms with E-state index in [0.29, 0.717) is 17.9 Å². The van der Waals surface area contributed by atoms with E-state index in [2.05, 4.69) is 10.6 Å². The van der Waals surface area contributed by atoms with Gasteiger partial charge in [0.05, 0.1) is 0 Å². The summed E-state index contributed by atoms with van der Waals surface area (Å²) < 4.78 is 0.